The first-order chi connectivity index (χ1) is 9.19. The lowest BCUT2D eigenvalue weighted by Gasteiger charge is -2.04. The first-order valence-corrected chi connectivity index (χ1v) is 6.82. The molecule has 4 nitrogen and oxygen atoms in total. The van der Waals surface area contributed by atoms with Gasteiger partial charge in [0.1, 0.15) is 11.6 Å². The monoisotopic (exact) mass is 279 g/mol. The van der Waals surface area contributed by atoms with Crippen LogP contribution in [0.4, 0.5) is 0 Å². The van der Waals surface area contributed by atoms with Crippen LogP contribution >= 0.6 is 11.6 Å². The molecule has 102 valence electrons. The predicted molar refractivity (Wildman–Crippen MR) is 75.3 cm³/mol. The number of rotatable bonds is 6. The minimum Gasteiger partial charge on any atom is -0.394 e. The Morgan fingerprint density at radius 3 is 2.63 bits per heavy atom. The highest BCUT2D eigenvalue weighted by Crippen LogP contribution is 2.12. The highest BCUT2D eigenvalue weighted by atomic mass is 35.5. The quantitative estimate of drug-likeness (QED) is 0.883. The van der Waals surface area contributed by atoms with Crippen LogP contribution in [0.25, 0.3) is 0 Å². The average molecular weight is 280 g/mol. The fourth-order valence-electron chi connectivity index (χ4n) is 2.06. The number of halogens is 1. The second kappa shape index (κ2) is 6.68. The number of hydrogen-bond acceptors (Lipinski definition) is 3. The van der Waals surface area contributed by atoms with Gasteiger partial charge >= 0.3 is 0 Å². The molecular formula is C14H18ClN3O. The number of aryl methyl sites for hydroxylation is 3. The molecule has 0 atom stereocenters. The molecule has 0 aliphatic rings. The SMILES string of the molecule is Cc1nc(CCCc2ccc(Cl)cc2)n(CCO)n1. The fraction of sp³-hybridized carbons (Fsp3) is 0.429. The van der Waals surface area contributed by atoms with Crippen molar-refractivity contribution >= 4 is 11.6 Å². The molecule has 0 unspecified atom stereocenters. The Morgan fingerprint density at radius 1 is 1.21 bits per heavy atom. The smallest absolute Gasteiger partial charge is 0.147 e. The van der Waals surface area contributed by atoms with Crippen molar-refractivity contribution in [2.45, 2.75) is 32.7 Å². The lowest BCUT2D eigenvalue weighted by atomic mass is 10.1. The summed E-state index contributed by atoms with van der Waals surface area (Å²) in [7, 11) is 0. The molecule has 5 heteroatoms. The van der Waals surface area contributed by atoms with Crippen LogP contribution in [0.3, 0.4) is 0 Å². The van der Waals surface area contributed by atoms with Crippen LogP contribution in [-0.2, 0) is 19.4 Å². The van der Waals surface area contributed by atoms with Crippen molar-refractivity contribution in [1.82, 2.24) is 14.8 Å². The van der Waals surface area contributed by atoms with Gasteiger partial charge < -0.3 is 5.11 Å². The first-order valence-electron chi connectivity index (χ1n) is 6.44. The van der Waals surface area contributed by atoms with Crippen LogP contribution in [0.5, 0.6) is 0 Å². The van der Waals surface area contributed by atoms with Crippen molar-refractivity contribution in [2.24, 2.45) is 0 Å². The maximum absolute atomic E-state index is 8.98. The third-order valence-electron chi connectivity index (χ3n) is 2.95. The van der Waals surface area contributed by atoms with E-state index >= 15 is 0 Å². The van der Waals surface area contributed by atoms with Gasteiger partial charge in [-0.1, -0.05) is 23.7 Å². The van der Waals surface area contributed by atoms with Gasteiger partial charge in [0, 0.05) is 11.4 Å². The van der Waals surface area contributed by atoms with Crippen LogP contribution in [-0.4, -0.2) is 26.5 Å². The Bertz CT molecular complexity index is 522. The van der Waals surface area contributed by atoms with E-state index in [9.17, 15) is 0 Å². The number of nitrogens with zero attached hydrogens (tertiary/aromatic N) is 3. The maximum Gasteiger partial charge on any atom is 0.147 e. The molecule has 0 aliphatic heterocycles. The normalized spacial score (nSPS) is 10.9. The van der Waals surface area contributed by atoms with Crippen molar-refractivity contribution in [3.8, 4) is 0 Å². The summed E-state index contributed by atoms with van der Waals surface area (Å²) in [6, 6.07) is 7.92. The molecule has 0 amide bonds. The van der Waals surface area contributed by atoms with Crippen molar-refractivity contribution < 1.29 is 5.11 Å². The van der Waals surface area contributed by atoms with E-state index in [0.717, 1.165) is 35.9 Å². The lowest BCUT2D eigenvalue weighted by molar-refractivity contribution is 0.266. The van der Waals surface area contributed by atoms with Gasteiger partial charge in [-0.2, -0.15) is 5.10 Å². The Kier molecular flexibility index (Phi) is 4.93. The largest absolute Gasteiger partial charge is 0.394 e. The van der Waals surface area contributed by atoms with Crippen molar-refractivity contribution in [2.75, 3.05) is 6.61 Å². The number of aromatic nitrogens is 3. The summed E-state index contributed by atoms with van der Waals surface area (Å²) in [5, 5.41) is 14.0. The molecule has 0 saturated heterocycles. The Labute approximate surface area is 118 Å². The molecule has 1 aromatic heterocycles. The van der Waals surface area contributed by atoms with Gasteiger partial charge in [0.05, 0.1) is 13.2 Å². The Hall–Kier alpha value is -1.39. The topological polar surface area (TPSA) is 50.9 Å². The summed E-state index contributed by atoms with van der Waals surface area (Å²) >= 11 is 5.85. The lowest BCUT2D eigenvalue weighted by Crippen LogP contribution is -2.09. The molecule has 2 rings (SSSR count). The van der Waals surface area contributed by atoms with Gasteiger partial charge in [-0.05, 0) is 37.5 Å². The third kappa shape index (κ3) is 4.04. The van der Waals surface area contributed by atoms with Crippen LogP contribution in [0.2, 0.25) is 5.02 Å². The van der Waals surface area contributed by atoms with Gasteiger partial charge in [-0.15, -0.1) is 0 Å². The van der Waals surface area contributed by atoms with E-state index in [2.05, 4.69) is 10.1 Å². The Balaban J connectivity index is 1.90. The summed E-state index contributed by atoms with van der Waals surface area (Å²) in [5.74, 6) is 1.70. The standard InChI is InChI=1S/C14H18ClN3O/c1-11-16-14(18(17-11)9-10-19)4-2-3-12-5-7-13(15)8-6-12/h5-8,19H,2-4,9-10H2,1H3. The second-order valence-electron chi connectivity index (χ2n) is 4.50. The molecule has 0 fully saturated rings. The molecule has 1 heterocycles. The molecule has 1 N–H and O–H groups in total. The highest BCUT2D eigenvalue weighted by Gasteiger charge is 2.06. The summed E-state index contributed by atoms with van der Waals surface area (Å²) in [6.07, 6.45) is 2.86. The number of benzene rings is 1. The molecule has 0 bridgehead atoms. The number of aliphatic hydroxyl groups is 1. The molecule has 0 spiro atoms. The van der Waals surface area contributed by atoms with Crippen molar-refractivity contribution in [3.63, 3.8) is 0 Å². The van der Waals surface area contributed by atoms with Gasteiger partial charge in [-0.3, -0.25) is 0 Å². The molecule has 19 heavy (non-hydrogen) atoms. The van der Waals surface area contributed by atoms with Gasteiger partial charge in [0.2, 0.25) is 0 Å². The molecule has 0 saturated carbocycles. The predicted octanol–water partition coefficient (Wildman–Crippen LogP) is 2.41. The zero-order valence-electron chi connectivity index (χ0n) is 11.0. The van der Waals surface area contributed by atoms with Crippen LogP contribution < -0.4 is 0 Å². The minimum atomic E-state index is 0.0903. The molecule has 1 aromatic carbocycles. The summed E-state index contributed by atoms with van der Waals surface area (Å²) in [6.45, 7) is 2.47. The van der Waals surface area contributed by atoms with E-state index in [-0.39, 0.29) is 6.61 Å². The summed E-state index contributed by atoms with van der Waals surface area (Å²) in [5.41, 5.74) is 1.27. The van der Waals surface area contributed by atoms with Gasteiger partial charge in [-0.25, -0.2) is 9.67 Å². The van der Waals surface area contributed by atoms with E-state index in [4.69, 9.17) is 16.7 Å². The highest BCUT2D eigenvalue weighted by molar-refractivity contribution is 6.30. The van der Waals surface area contributed by atoms with E-state index in [1.54, 1.807) is 4.68 Å². The van der Waals surface area contributed by atoms with E-state index < -0.39 is 0 Å². The van der Waals surface area contributed by atoms with E-state index in [1.165, 1.54) is 5.56 Å². The van der Waals surface area contributed by atoms with Crippen molar-refractivity contribution in [3.05, 3.63) is 46.5 Å². The number of aliphatic hydroxyl groups excluding tert-OH is 1. The van der Waals surface area contributed by atoms with Crippen molar-refractivity contribution in [1.29, 1.82) is 0 Å². The zero-order chi connectivity index (χ0) is 13.7. The van der Waals surface area contributed by atoms with Gasteiger partial charge in [0.25, 0.3) is 0 Å². The molecule has 0 aliphatic carbocycles. The van der Waals surface area contributed by atoms with Crippen LogP contribution in [0.1, 0.15) is 23.6 Å². The average Bonchev–Trinajstić information content (AvgIpc) is 2.73. The zero-order valence-corrected chi connectivity index (χ0v) is 11.8. The number of hydrogen-bond donors (Lipinski definition) is 1. The first kappa shape index (κ1) is 14.0. The van der Waals surface area contributed by atoms with Crippen LogP contribution in [0.15, 0.2) is 24.3 Å². The van der Waals surface area contributed by atoms with Gasteiger partial charge in [0.15, 0.2) is 0 Å². The maximum atomic E-state index is 8.98. The molecule has 2 aromatic rings. The summed E-state index contributed by atoms with van der Waals surface area (Å²) < 4.78 is 1.79. The Morgan fingerprint density at radius 2 is 1.95 bits per heavy atom. The second-order valence-corrected chi connectivity index (χ2v) is 4.94. The fourth-order valence-corrected chi connectivity index (χ4v) is 2.19. The van der Waals surface area contributed by atoms with E-state index in [0.29, 0.717) is 6.54 Å². The third-order valence-corrected chi connectivity index (χ3v) is 3.20. The molecule has 0 radical (unpaired) electrons. The van der Waals surface area contributed by atoms with E-state index in [1.807, 2.05) is 31.2 Å². The molecular weight excluding hydrogens is 262 g/mol. The van der Waals surface area contributed by atoms with Crippen LogP contribution in [0, 0.1) is 6.92 Å². The summed E-state index contributed by atoms with van der Waals surface area (Å²) in [4.78, 5) is 4.39. The minimum absolute atomic E-state index is 0.0903.